The van der Waals surface area contributed by atoms with Gasteiger partial charge in [0.2, 0.25) is 0 Å². The fraction of sp³-hybridized carbons (Fsp3) is 0.594. The van der Waals surface area contributed by atoms with Gasteiger partial charge in [-0.2, -0.15) is 26.3 Å². The summed E-state index contributed by atoms with van der Waals surface area (Å²) >= 11 is 0. The van der Waals surface area contributed by atoms with Gasteiger partial charge in [0.05, 0.1) is 11.1 Å². The number of carbonyl (C=O) groups excluding carboxylic acids is 1. The number of fused-ring (bicyclic) bond motifs is 1. The Morgan fingerprint density at radius 2 is 1.57 bits per heavy atom. The number of carbonyl (C=O) groups is 1. The van der Waals surface area contributed by atoms with Crippen LogP contribution in [0.3, 0.4) is 0 Å². The number of hydrogen-bond acceptors (Lipinski definition) is 2. The molecule has 1 heterocycles. The van der Waals surface area contributed by atoms with E-state index in [9.17, 15) is 31.1 Å². The van der Waals surface area contributed by atoms with E-state index in [4.69, 9.17) is 0 Å². The second kappa shape index (κ2) is 11.1. The lowest BCUT2D eigenvalue weighted by Crippen LogP contribution is -2.37. The molecule has 0 aromatic heterocycles. The fourth-order valence-electron chi connectivity index (χ4n) is 7.09. The standard InChI is InChI=1S/C32H37F6NO/c1-19(20(2)40)30(23-5-6-23)25-8-4-21-3-7-24(15-26(21)16-25)22-11-13-39(14-12-22)18-27-17-28(31(33,34)35)9-10-29(27)32(36,37)38/h4,8-10,16-17,19,22-24,30H,3,5-7,11-15,18H2,1-2H3/t19-,24?,30+/m1/s1. The molecule has 2 nitrogen and oxygen atoms in total. The summed E-state index contributed by atoms with van der Waals surface area (Å²) in [6.07, 6.45) is -2.37. The minimum absolute atomic E-state index is 0.00366. The molecule has 1 aliphatic heterocycles. The Morgan fingerprint density at radius 1 is 0.875 bits per heavy atom. The highest BCUT2D eigenvalue weighted by Gasteiger charge is 2.39. The van der Waals surface area contributed by atoms with Gasteiger partial charge in [0.25, 0.3) is 0 Å². The number of rotatable bonds is 7. The van der Waals surface area contributed by atoms with E-state index in [1.807, 2.05) is 11.8 Å². The van der Waals surface area contributed by atoms with Crippen LogP contribution >= 0.6 is 0 Å². The van der Waals surface area contributed by atoms with Gasteiger partial charge in [-0.25, -0.2) is 0 Å². The monoisotopic (exact) mass is 565 g/mol. The summed E-state index contributed by atoms with van der Waals surface area (Å²) in [5.74, 6) is 2.00. The van der Waals surface area contributed by atoms with Crippen LogP contribution in [0.1, 0.15) is 85.3 Å². The molecule has 40 heavy (non-hydrogen) atoms. The second-order valence-corrected chi connectivity index (χ2v) is 12.3. The van der Waals surface area contributed by atoms with Crippen molar-refractivity contribution in [2.75, 3.05) is 13.1 Å². The van der Waals surface area contributed by atoms with E-state index in [0.29, 0.717) is 49.0 Å². The smallest absolute Gasteiger partial charge is 0.300 e. The van der Waals surface area contributed by atoms with E-state index >= 15 is 0 Å². The average molecular weight is 566 g/mol. The first kappa shape index (κ1) is 29.2. The summed E-state index contributed by atoms with van der Waals surface area (Å²) < 4.78 is 80.3. The second-order valence-electron chi connectivity index (χ2n) is 12.3. The van der Waals surface area contributed by atoms with Gasteiger partial charge in [-0.15, -0.1) is 0 Å². The molecular formula is C32H37F6NO. The number of halogens is 6. The summed E-state index contributed by atoms with van der Waals surface area (Å²) in [7, 11) is 0. The van der Waals surface area contributed by atoms with Gasteiger partial charge in [-0.1, -0.05) is 25.1 Å². The molecular weight excluding hydrogens is 528 g/mol. The summed E-state index contributed by atoms with van der Waals surface area (Å²) in [5.41, 5.74) is 1.63. The molecule has 1 saturated carbocycles. The lowest BCUT2D eigenvalue weighted by Gasteiger charge is -2.38. The predicted octanol–water partition coefficient (Wildman–Crippen LogP) is 8.46. The van der Waals surface area contributed by atoms with Crippen molar-refractivity contribution < 1.29 is 31.1 Å². The molecule has 2 fully saturated rings. The molecule has 5 rings (SSSR count). The van der Waals surface area contributed by atoms with Crippen LogP contribution < -0.4 is 0 Å². The molecule has 1 unspecified atom stereocenters. The number of aryl methyl sites for hydroxylation is 1. The van der Waals surface area contributed by atoms with Crippen LogP contribution in [0.15, 0.2) is 36.4 Å². The SMILES string of the molecule is CC(=O)[C@@H](C)[C@H](c1ccc2c(c1)CC(C1CCN(Cc3cc(C(F)(F)F)ccc3C(F)(F)F)CC1)CC2)C1CC1. The molecule has 0 N–H and O–H groups in total. The number of benzene rings is 2. The van der Waals surface area contributed by atoms with E-state index < -0.39 is 23.5 Å². The van der Waals surface area contributed by atoms with Gasteiger partial charge in [0.1, 0.15) is 5.78 Å². The molecule has 1 saturated heterocycles. The summed E-state index contributed by atoms with van der Waals surface area (Å²) in [4.78, 5) is 14.1. The third kappa shape index (κ3) is 6.42. The molecule has 3 aliphatic rings. The highest BCUT2D eigenvalue weighted by atomic mass is 19.4. The van der Waals surface area contributed by atoms with Crippen LogP contribution in [0.2, 0.25) is 0 Å². The van der Waals surface area contributed by atoms with Gasteiger partial charge in [-0.05, 0) is 129 Å². The number of hydrogen-bond donors (Lipinski definition) is 0. The first-order valence-electron chi connectivity index (χ1n) is 14.4. The van der Waals surface area contributed by atoms with Crippen molar-refractivity contribution in [1.29, 1.82) is 0 Å². The van der Waals surface area contributed by atoms with Crippen LogP contribution in [-0.2, 0) is 36.5 Å². The van der Waals surface area contributed by atoms with Gasteiger partial charge in [0, 0.05) is 12.5 Å². The largest absolute Gasteiger partial charge is 0.416 e. The van der Waals surface area contributed by atoms with Crippen molar-refractivity contribution in [3.8, 4) is 0 Å². The van der Waals surface area contributed by atoms with Crippen molar-refractivity contribution in [2.45, 2.75) is 83.6 Å². The maximum absolute atomic E-state index is 13.5. The van der Waals surface area contributed by atoms with E-state index in [1.54, 1.807) is 6.92 Å². The van der Waals surface area contributed by atoms with Gasteiger partial charge < -0.3 is 0 Å². The number of ketones is 1. The molecule has 0 amide bonds. The highest BCUT2D eigenvalue weighted by molar-refractivity contribution is 5.79. The number of piperidine rings is 1. The predicted molar refractivity (Wildman–Crippen MR) is 142 cm³/mol. The van der Waals surface area contributed by atoms with Crippen molar-refractivity contribution in [3.05, 3.63) is 69.8 Å². The molecule has 0 spiro atoms. The Hall–Kier alpha value is -2.35. The third-order valence-corrected chi connectivity index (χ3v) is 9.62. The molecule has 218 valence electrons. The topological polar surface area (TPSA) is 20.3 Å². The summed E-state index contributed by atoms with van der Waals surface area (Å²) in [6, 6.07) is 8.50. The van der Waals surface area contributed by atoms with Gasteiger partial charge in [0.15, 0.2) is 0 Å². The lowest BCUT2D eigenvalue weighted by molar-refractivity contribution is -0.142. The maximum Gasteiger partial charge on any atom is 0.416 e. The highest BCUT2D eigenvalue weighted by Crippen LogP contribution is 2.48. The number of alkyl halides is 6. The minimum atomic E-state index is -4.70. The number of Topliss-reactive ketones (excluding diaryl/α,β-unsaturated/α-hetero) is 1. The van der Waals surface area contributed by atoms with Crippen LogP contribution in [-0.4, -0.2) is 23.8 Å². The summed E-state index contributed by atoms with van der Waals surface area (Å²) in [5, 5.41) is 0. The Bertz CT molecular complexity index is 1220. The Kier molecular flexibility index (Phi) is 8.12. The first-order valence-corrected chi connectivity index (χ1v) is 14.4. The summed E-state index contributed by atoms with van der Waals surface area (Å²) in [6.45, 7) is 4.72. The molecule has 2 aromatic rings. The van der Waals surface area contributed by atoms with Crippen molar-refractivity contribution in [1.82, 2.24) is 4.90 Å². The number of likely N-dealkylation sites (tertiary alicyclic amines) is 1. The zero-order valence-corrected chi connectivity index (χ0v) is 23.0. The maximum atomic E-state index is 13.5. The van der Waals surface area contributed by atoms with Gasteiger partial charge >= 0.3 is 12.4 Å². The molecule has 2 aliphatic carbocycles. The molecule has 0 radical (unpaired) electrons. The normalized spacial score (nSPS) is 22.6. The zero-order chi connectivity index (χ0) is 28.8. The van der Waals surface area contributed by atoms with Crippen molar-refractivity contribution in [3.63, 3.8) is 0 Å². The lowest BCUT2D eigenvalue weighted by atomic mass is 9.72. The van der Waals surface area contributed by atoms with E-state index in [1.165, 1.54) is 29.5 Å². The number of nitrogens with zero attached hydrogens (tertiary/aromatic N) is 1. The zero-order valence-electron chi connectivity index (χ0n) is 23.0. The van der Waals surface area contributed by atoms with Crippen LogP contribution in [0.4, 0.5) is 26.3 Å². The molecule has 8 heteroatoms. The Balaban J connectivity index is 1.24. The Labute approximate surface area is 232 Å². The van der Waals surface area contributed by atoms with E-state index in [0.717, 1.165) is 32.1 Å². The van der Waals surface area contributed by atoms with Gasteiger partial charge in [-0.3, -0.25) is 9.69 Å². The molecule has 0 bridgehead atoms. The van der Waals surface area contributed by atoms with Crippen molar-refractivity contribution >= 4 is 5.78 Å². The van der Waals surface area contributed by atoms with Crippen LogP contribution in [0.25, 0.3) is 0 Å². The fourth-order valence-corrected chi connectivity index (χ4v) is 7.09. The average Bonchev–Trinajstić information content (AvgIpc) is 3.73. The third-order valence-electron chi connectivity index (χ3n) is 9.62. The molecule has 2 aromatic carbocycles. The van der Waals surface area contributed by atoms with Crippen molar-refractivity contribution in [2.24, 2.45) is 23.7 Å². The Morgan fingerprint density at radius 3 is 2.17 bits per heavy atom. The molecule has 3 atom stereocenters. The van der Waals surface area contributed by atoms with Crippen LogP contribution in [0, 0.1) is 23.7 Å². The quantitative estimate of drug-likeness (QED) is 0.314. The minimum Gasteiger partial charge on any atom is -0.300 e. The van der Waals surface area contributed by atoms with E-state index in [-0.39, 0.29) is 29.7 Å². The first-order chi connectivity index (χ1) is 18.8. The van der Waals surface area contributed by atoms with Crippen LogP contribution in [0.5, 0.6) is 0 Å². The van der Waals surface area contributed by atoms with E-state index in [2.05, 4.69) is 18.2 Å².